The van der Waals surface area contributed by atoms with E-state index in [1.165, 1.54) is 0 Å². The molecular weight excluding hydrogens is 178 g/mol. The van der Waals surface area contributed by atoms with Crippen LogP contribution in [0.3, 0.4) is 0 Å². The SMILES string of the molecule is CCN(CC)c1nc(CNC)n(C)n1. The van der Waals surface area contributed by atoms with Crippen LogP contribution in [-0.4, -0.2) is 34.9 Å². The molecule has 0 spiro atoms. The number of rotatable bonds is 5. The summed E-state index contributed by atoms with van der Waals surface area (Å²) >= 11 is 0. The molecule has 5 nitrogen and oxygen atoms in total. The van der Waals surface area contributed by atoms with Gasteiger partial charge in [0.25, 0.3) is 0 Å². The van der Waals surface area contributed by atoms with Crippen LogP contribution in [0, 0.1) is 0 Å². The number of hydrogen-bond acceptors (Lipinski definition) is 4. The van der Waals surface area contributed by atoms with Gasteiger partial charge in [0.2, 0.25) is 5.95 Å². The number of hydrogen-bond donors (Lipinski definition) is 1. The van der Waals surface area contributed by atoms with Crippen molar-refractivity contribution >= 4 is 5.95 Å². The predicted molar refractivity (Wildman–Crippen MR) is 57.3 cm³/mol. The molecule has 0 aromatic carbocycles. The second-order valence-electron chi connectivity index (χ2n) is 3.15. The summed E-state index contributed by atoms with van der Waals surface area (Å²) in [6.45, 7) is 6.86. The van der Waals surface area contributed by atoms with Gasteiger partial charge >= 0.3 is 0 Å². The van der Waals surface area contributed by atoms with Gasteiger partial charge in [0, 0.05) is 20.1 Å². The Morgan fingerprint density at radius 1 is 1.36 bits per heavy atom. The van der Waals surface area contributed by atoms with E-state index in [0.717, 1.165) is 31.4 Å². The van der Waals surface area contributed by atoms with Gasteiger partial charge in [0.15, 0.2) is 0 Å². The Morgan fingerprint density at radius 2 is 2.00 bits per heavy atom. The minimum absolute atomic E-state index is 0.755. The molecule has 1 rings (SSSR count). The fourth-order valence-electron chi connectivity index (χ4n) is 1.35. The molecule has 0 bridgehead atoms. The van der Waals surface area contributed by atoms with E-state index in [0.29, 0.717) is 0 Å². The highest BCUT2D eigenvalue weighted by Crippen LogP contribution is 2.07. The summed E-state index contributed by atoms with van der Waals surface area (Å²) in [7, 11) is 3.83. The van der Waals surface area contributed by atoms with Crippen LogP contribution < -0.4 is 10.2 Å². The zero-order chi connectivity index (χ0) is 10.6. The van der Waals surface area contributed by atoms with Gasteiger partial charge in [-0.25, -0.2) is 4.68 Å². The Kier molecular flexibility index (Phi) is 3.88. The van der Waals surface area contributed by atoms with Gasteiger partial charge in [-0.1, -0.05) is 0 Å². The summed E-state index contributed by atoms with van der Waals surface area (Å²) in [5, 5.41) is 7.43. The third-order valence-electron chi connectivity index (χ3n) is 2.22. The minimum Gasteiger partial charge on any atom is -0.340 e. The lowest BCUT2D eigenvalue weighted by Gasteiger charge is -2.15. The Bertz CT molecular complexity index is 277. The molecule has 0 atom stereocenters. The molecule has 0 unspecified atom stereocenters. The third-order valence-corrected chi connectivity index (χ3v) is 2.22. The molecular formula is C9H19N5. The lowest BCUT2D eigenvalue weighted by atomic mass is 10.5. The summed E-state index contributed by atoms with van der Waals surface area (Å²) in [6.07, 6.45) is 0. The Morgan fingerprint density at radius 3 is 2.50 bits per heavy atom. The topological polar surface area (TPSA) is 46.0 Å². The molecule has 1 heterocycles. The van der Waals surface area contributed by atoms with Gasteiger partial charge in [0.1, 0.15) is 5.82 Å². The molecule has 0 aliphatic carbocycles. The highest BCUT2D eigenvalue weighted by Gasteiger charge is 2.10. The van der Waals surface area contributed by atoms with E-state index >= 15 is 0 Å². The molecule has 0 radical (unpaired) electrons. The smallest absolute Gasteiger partial charge is 0.244 e. The molecule has 0 saturated heterocycles. The van der Waals surface area contributed by atoms with Gasteiger partial charge in [-0.2, -0.15) is 4.98 Å². The highest BCUT2D eigenvalue weighted by atomic mass is 15.4. The van der Waals surface area contributed by atoms with Gasteiger partial charge < -0.3 is 10.2 Å². The largest absolute Gasteiger partial charge is 0.340 e. The zero-order valence-corrected chi connectivity index (χ0v) is 9.41. The van der Waals surface area contributed by atoms with E-state index < -0.39 is 0 Å². The first-order chi connectivity index (χ1) is 6.72. The van der Waals surface area contributed by atoms with Crippen LogP contribution in [0.4, 0.5) is 5.95 Å². The van der Waals surface area contributed by atoms with Crippen molar-refractivity contribution in [2.75, 3.05) is 25.0 Å². The molecule has 1 aromatic heterocycles. The standard InChI is InChI=1S/C9H19N5/c1-5-14(6-2)9-11-8(7-10-3)13(4)12-9/h10H,5-7H2,1-4H3. The first-order valence-electron chi connectivity index (χ1n) is 5.02. The molecule has 0 saturated carbocycles. The number of aryl methyl sites for hydroxylation is 1. The number of nitrogens with one attached hydrogen (secondary N) is 1. The van der Waals surface area contributed by atoms with Crippen molar-refractivity contribution in [3.63, 3.8) is 0 Å². The summed E-state index contributed by atoms with van der Waals surface area (Å²) < 4.78 is 1.82. The first-order valence-corrected chi connectivity index (χ1v) is 5.02. The van der Waals surface area contributed by atoms with E-state index in [1.807, 2.05) is 18.8 Å². The van der Waals surface area contributed by atoms with Crippen molar-refractivity contribution in [1.82, 2.24) is 20.1 Å². The van der Waals surface area contributed by atoms with Crippen molar-refractivity contribution in [1.29, 1.82) is 0 Å². The molecule has 1 aromatic rings. The Hall–Kier alpha value is -1.10. The van der Waals surface area contributed by atoms with Crippen LogP contribution in [0.1, 0.15) is 19.7 Å². The molecule has 0 amide bonds. The number of anilines is 1. The summed E-state index contributed by atoms with van der Waals surface area (Å²) in [5.41, 5.74) is 0. The average Bonchev–Trinajstić information content (AvgIpc) is 2.51. The van der Waals surface area contributed by atoms with E-state index in [1.54, 1.807) is 0 Å². The Labute approximate surface area is 85.1 Å². The van der Waals surface area contributed by atoms with Gasteiger partial charge in [-0.15, -0.1) is 5.10 Å². The maximum Gasteiger partial charge on any atom is 0.244 e. The summed E-state index contributed by atoms with van der Waals surface area (Å²) in [5.74, 6) is 1.79. The zero-order valence-electron chi connectivity index (χ0n) is 9.41. The summed E-state index contributed by atoms with van der Waals surface area (Å²) in [6, 6.07) is 0. The molecule has 14 heavy (non-hydrogen) atoms. The van der Waals surface area contributed by atoms with Crippen LogP contribution >= 0.6 is 0 Å². The van der Waals surface area contributed by atoms with E-state index in [2.05, 4.69) is 34.1 Å². The van der Waals surface area contributed by atoms with Crippen LogP contribution in [0.25, 0.3) is 0 Å². The quantitative estimate of drug-likeness (QED) is 0.741. The van der Waals surface area contributed by atoms with Crippen molar-refractivity contribution in [2.24, 2.45) is 7.05 Å². The van der Waals surface area contributed by atoms with Crippen molar-refractivity contribution in [3.05, 3.63) is 5.82 Å². The van der Waals surface area contributed by atoms with E-state index in [9.17, 15) is 0 Å². The maximum absolute atomic E-state index is 4.46. The van der Waals surface area contributed by atoms with Crippen LogP contribution in [0.2, 0.25) is 0 Å². The predicted octanol–water partition coefficient (Wildman–Crippen LogP) is 0.381. The van der Waals surface area contributed by atoms with E-state index in [-0.39, 0.29) is 0 Å². The first kappa shape index (κ1) is 11.0. The fraction of sp³-hybridized carbons (Fsp3) is 0.778. The monoisotopic (exact) mass is 197 g/mol. The van der Waals surface area contributed by atoms with Gasteiger partial charge in [-0.3, -0.25) is 0 Å². The van der Waals surface area contributed by atoms with Crippen LogP contribution in [0.15, 0.2) is 0 Å². The summed E-state index contributed by atoms with van der Waals surface area (Å²) in [4.78, 5) is 6.59. The number of nitrogens with zero attached hydrogens (tertiary/aromatic N) is 4. The maximum atomic E-state index is 4.46. The molecule has 0 aliphatic rings. The van der Waals surface area contributed by atoms with Crippen molar-refractivity contribution in [3.8, 4) is 0 Å². The van der Waals surface area contributed by atoms with Crippen molar-refractivity contribution < 1.29 is 0 Å². The molecule has 5 heteroatoms. The normalized spacial score (nSPS) is 10.6. The molecule has 0 aliphatic heterocycles. The lowest BCUT2D eigenvalue weighted by molar-refractivity contribution is 0.658. The molecule has 1 N–H and O–H groups in total. The molecule has 80 valence electrons. The number of aromatic nitrogens is 3. The minimum atomic E-state index is 0.755. The van der Waals surface area contributed by atoms with Gasteiger partial charge in [-0.05, 0) is 20.9 Å². The lowest BCUT2D eigenvalue weighted by Crippen LogP contribution is -2.23. The highest BCUT2D eigenvalue weighted by molar-refractivity contribution is 5.28. The van der Waals surface area contributed by atoms with Crippen molar-refractivity contribution in [2.45, 2.75) is 20.4 Å². The second kappa shape index (κ2) is 4.95. The second-order valence-corrected chi connectivity index (χ2v) is 3.15. The van der Waals surface area contributed by atoms with Crippen LogP contribution in [0.5, 0.6) is 0 Å². The average molecular weight is 197 g/mol. The molecule has 0 fully saturated rings. The fourth-order valence-corrected chi connectivity index (χ4v) is 1.35. The van der Waals surface area contributed by atoms with Gasteiger partial charge in [0.05, 0.1) is 6.54 Å². The van der Waals surface area contributed by atoms with Crippen LogP contribution in [-0.2, 0) is 13.6 Å². The third kappa shape index (κ3) is 2.23. The van der Waals surface area contributed by atoms with E-state index in [4.69, 9.17) is 0 Å². The Balaban J connectivity index is 2.83.